The van der Waals surface area contributed by atoms with Crippen molar-refractivity contribution in [2.45, 2.75) is 25.3 Å². The van der Waals surface area contributed by atoms with Gasteiger partial charge in [0.25, 0.3) is 17.4 Å². The highest BCUT2D eigenvalue weighted by Crippen LogP contribution is 2.30. The molecule has 5 rings (SSSR count). The van der Waals surface area contributed by atoms with Gasteiger partial charge in [0.15, 0.2) is 0 Å². The molecule has 0 bridgehead atoms. The summed E-state index contributed by atoms with van der Waals surface area (Å²) in [5, 5.41) is 3.28. The second-order valence-corrected chi connectivity index (χ2v) is 11.3. The Balaban J connectivity index is 1.21. The summed E-state index contributed by atoms with van der Waals surface area (Å²) in [7, 11) is 0. The number of nitrogens with zero attached hydrogens (tertiary/aromatic N) is 3. The lowest BCUT2D eigenvalue weighted by Crippen LogP contribution is -2.38. The molecule has 1 N–H and O–H groups in total. The summed E-state index contributed by atoms with van der Waals surface area (Å²) in [6.45, 7) is 1.59. The SMILES string of the molecule is O=C(Nc1ccc(C2CCN(C(=O)c3cnc(Cl)c(Cl)c3)CC2)cc1)c1cc(Br)cn(Cc2ccccc2)c1=O. The predicted octanol–water partition coefficient (Wildman–Crippen LogP) is 6.63. The smallest absolute Gasteiger partial charge is 0.263 e. The first kappa shape index (κ1) is 28.1. The zero-order chi connectivity index (χ0) is 28.2. The number of anilines is 1. The Kier molecular flexibility index (Phi) is 8.69. The van der Waals surface area contributed by atoms with E-state index in [9.17, 15) is 14.4 Å². The van der Waals surface area contributed by atoms with E-state index >= 15 is 0 Å². The third-order valence-electron chi connectivity index (χ3n) is 6.96. The van der Waals surface area contributed by atoms with Crippen LogP contribution in [0, 0.1) is 0 Å². The van der Waals surface area contributed by atoms with Crippen LogP contribution < -0.4 is 10.9 Å². The second-order valence-electron chi connectivity index (χ2n) is 9.63. The Morgan fingerprint density at radius 3 is 2.38 bits per heavy atom. The van der Waals surface area contributed by atoms with E-state index in [-0.39, 0.29) is 33.1 Å². The summed E-state index contributed by atoms with van der Waals surface area (Å²) in [6.07, 6.45) is 4.75. The van der Waals surface area contributed by atoms with Crippen molar-refractivity contribution in [3.8, 4) is 0 Å². The van der Waals surface area contributed by atoms with E-state index in [1.807, 2.05) is 54.6 Å². The molecule has 1 aliphatic rings. The summed E-state index contributed by atoms with van der Waals surface area (Å²) in [5.41, 5.74) is 2.82. The van der Waals surface area contributed by atoms with Crippen LogP contribution in [0.1, 0.15) is 50.6 Å². The minimum atomic E-state index is -0.468. The maximum atomic E-state index is 13.1. The number of aromatic nitrogens is 2. The van der Waals surface area contributed by atoms with Crippen molar-refractivity contribution in [3.63, 3.8) is 0 Å². The van der Waals surface area contributed by atoms with Gasteiger partial charge in [-0.1, -0.05) is 65.7 Å². The molecule has 1 fully saturated rings. The van der Waals surface area contributed by atoms with Gasteiger partial charge in [-0.2, -0.15) is 0 Å². The number of rotatable bonds is 6. The number of halogens is 3. The fourth-order valence-electron chi connectivity index (χ4n) is 4.83. The highest BCUT2D eigenvalue weighted by Gasteiger charge is 2.25. The van der Waals surface area contributed by atoms with Crippen LogP contribution in [0.2, 0.25) is 10.2 Å². The molecule has 4 aromatic rings. The number of hydrogen-bond donors (Lipinski definition) is 1. The van der Waals surface area contributed by atoms with Gasteiger partial charge in [-0.3, -0.25) is 14.4 Å². The van der Waals surface area contributed by atoms with Crippen molar-refractivity contribution in [2.75, 3.05) is 18.4 Å². The van der Waals surface area contributed by atoms with Crippen LogP contribution in [0.4, 0.5) is 5.69 Å². The van der Waals surface area contributed by atoms with E-state index < -0.39 is 5.91 Å². The van der Waals surface area contributed by atoms with Gasteiger partial charge in [0.2, 0.25) is 0 Å². The molecular formula is C30H25BrCl2N4O3. The number of carbonyl (C=O) groups is 2. The molecule has 10 heteroatoms. The maximum Gasteiger partial charge on any atom is 0.263 e. The lowest BCUT2D eigenvalue weighted by atomic mass is 9.89. The minimum Gasteiger partial charge on any atom is -0.339 e. The lowest BCUT2D eigenvalue weighted by Gasteiger charge is -2.32. The number of amides is 2. The molecule has 1 saturated heterocycles. The topological polar surface area (TPSA) is 84.3 Å². The molecule has 40 heavy (non-hydrogen) atoms. The predicted molar refractivity (Wildman–Crippen MR) is 160 cm³/mol. The van der Waals surface area contributed by atoms with Crippen LogP contribution in [-0.2, 0) is 6.54 Å². The van der Waals surface area contributed by atoms with Crippen LogP contribution in [0.15, 0.2) is 88.4 Å². The summed E-state index contributed by atoms with van der Waals surface area (Å²) < 4.78 is 2.16. The Labute approximate surface area is 249 Å². The number of hydrogen-bond acceptors (Lipinski definition) is 4. The molecule has 0 saturated carbocycles. The Hall–Kier alpha value is -3.46. The lowest BCUT2D eigenvalue weighted by molar-refractivity contribution is 0.0712. The zero-order valence-corrected chi connectivity index (χ0v) is 24.4. The van der Waals surface area contributed by atoms with Crippen LogP contribution in [0.3, 0.4) is 0 Å². The first-order chi connectivity index (χ1) is 19.3. The molecule has 2 aromatic heterocycles. The number of nitrogens with one attached hydrogen (secondary N) is 1. The van der Waals surface area contributed by atoms with Gasteiger partial charge < -0.3 is 14.8 Å². The summed E-state index contributed by atoms with van der Waals surface area (Å²) in [4.78, 5) is 44.7. The Morgan fingerprint density at radius 2 is 1.70 bits per heavy atom. The van der Waals surface area contributed by atoms with Gasteiger partial charge in [0.1, 0.15) is 10.7 Å². The van der Waals surface area contributed by atoms with Crippen molar-refractivity contribution in [2.24, 2.45) is 0 Å². The van der Waals surface area contributed by atoms with Crippen LogP contribution in [0.5, 0.6) is 0 Å². The zero-order valence-electron chi connectivity index (χ0n) is 21.3. The molecule has 3 heterocycles. The molecule has 7 nitrogen and oxygen atoms in total. The summed E-state index contributed by atoms with van der Waals surface area (Å²) in [5.74, 6) is -0.293. The second kappa shape index (κ2) is 12.4. The number of carbonyl (C=O) groups excluding carboxylic acids is 2. The van der Waals surface area contributed by atoms with Gasteiger partial charge in [-0.25, -0.2) is 4.98 Å². The van der Waals surface area contributed by atoms with Crippen molar-refractivity contribution < 1.29 is 9.59 Å². The van der Waals surface area contributed by atoms with Crippen LogP contribution in [0.25, 0.3) is 0 Å². The number of piperidine rings is 1. The highest BCUT2D eigenvalue weighted by molar-refractivity contribution is 9.10. The molecule has 204 valence electrons. The highest BCUT2D eigenvalue weighted by atomic mass is 79.9. The summed E-state index contributed by atoms with van der Waals surface area (Å²) in [6, 6.07) is 20.3. The van der Waals surface area contributed by atoms with Crippen LogP contribution >= 0.6 is 39.1 Å². The van der Waals surface area contributed by atoms with Gasteiger partial charge in [-0.05, 0) is 70.1 Å². The third-order valence-corrected chi connectivity index (χ3v) is 8.08. The van der Waals surface area contributed by atoms with Gasteiger partial charge in [-0.15, -0.1) is 0 Å². The Morgan fingerprint density at radius 1 is 1.00 bits per heavy atom. The molecule has 2 amide bonds. The molecule has 0 spiro atoms. The van der Waals surface area contributed by atoms with Gasteiger partial charge in [0, 0.05) is 35.6 Å². The summed E-state index contributed by atoms with van der Waals surface area (Å²) >= 11 is 15.3. The van der Waals surface area contributed by atoms with Crippen molar-refractivity contribution in [1.82, 2.24) is 14.5 Å². The average Bonchev–Trinajstić information content (AvgIpc) is 2.97. The minimum absolute atomic E-state index is 0.0589. The third kappa shape index (κ3) is 6.46. The molecule has 0 unspecified atom stereocenters. The van der Waals surface area contributed by atoms with Crippen molar-refractivity contribution >= 4 is 56.6 Å². The van der Waals surface area contributed by atoms with Crippen molar-refractivity contribution in [3.05, 3.63) is 126 Å². The number of benzene rings is 2. The fraction of sp³-hybridized carbons (Fsp3) is 0.200. The van der Waals surface area contributed by atoms with Crippen LogP contribution in [-0.4, -0.2) is 39.4 Å². The molecular weight excluding hydrogens is 615 g/mol. The maximum absolute atomic E-state index is 13.1. The normalized spacial score (nSPS) is 13.7. The molecule has 2 aromatic carbocycles. The molecule has 0 atom stereocenters. The average molecular weight is 640 g/mol. The monoisotopic (exact) mass is 638 g/mol. The Bertz CT molecular complexity index is 1600. The number of pyridine rings is 2. The van der Waals surface area contributed by atoms with E-state index in [4.69, 9.17) is 23.2 Å². The van der Waals surface area contributed by atoms with E-state index in [2.05, 4.69) is 26.2 Å². The van der Waals surface area contributed by atoms with Gasteiger partial charge in [0.05, 0.1) is 17.1 Å². The van der Waals surface area contributed by atoms with Gasteiger partial charge >= 0.3 is 0 Å². The largest absolute Gasteiger partial charge is 0.339 e. The quantitative estimate of drug-likeness (QED) is 0.240. The van der Waals surface area contributed by atoms with Crippen molar-refractivity contribution in [1.29, 1.82) is 0 Å². The first-order valence-electron chi connectivity index (χ1n) is 12.7. The number of likely N-dealkylation sites (tertiary alicyclic amines) is 1. The van der Waals surface area contributed by atoms with E-state index in [0.29, 0.717) is 35.4 Å². The molecule has 0 radical (unpaired) electrons. The standard InChI is InChI=1S/C30H25BrCl2N4O3/c31-23-15-25(30(40)37(18-23)17-19-4-2-1-3-5-19)28(38)35-24-8-6-20(7-9-24)21-10-12-36(13-11-21)29(39)22-14-26(32)27(33)34-16-22/h1-9,14-16,18,21H,10-13,17H2,(H,35,38). The molecule has 1 aliphatic heterocycles. The van der Waals surface area contributed by atoms with E-state index in [1.54, 1.807) is 17.2 Å². The fourth-order valence-corrected chi connectivity index (χ4v) is 5.58. The van der Waals surface area contributed by atoms with E-state index in [0.717, 1.165) is 24.0 Å². The molecule has 0 aliphatic carbocycles. The first-order valence-corrected chi connectivity index (χ1v) is 14.3. The van der Waals surface area contributed by atoms with E-state index in [1.165, 1.54) is 16.8 Å².